The largest absolute Gasteiger partial charge is 0.283 e. The number of nitro benzene ring substituents is 1. The van der Waals surface area contributed by atoms with Crippen LogP contribution in [0.1, 0.15) is 0 Å². The van der Waals surface area contributed by atoms with E-state index in [0.29, 0.717) is 4.90 Å². The molecule has 0 aliphatic rings. The Balaban J connectivity index is 2.31. The molecule has 0 aliphatic carbocycles. The van der Waals surface area contributed by atoms with Crippen LogP contribution in [0.2, 0.25) is 0 Å². The molecule has 0 aromatic heterocycles. The van der Waals surface area contributed by atoms with Crippen LogP contribution in [0.4, 0.5) is 5.69 Å². The maximum Gasteiger partial charge on any atom is 0.283 e. The minimum absolute atomic E-state index is 0.129. The van der Waals surface area contributed by atoms with Gasteiger partial charge in [-0.25, -0.2) is 0 Å². The van der Waals surface area contributed by atoms with E-state index in [1.165, 1.54) is 17.8 Å². The van der Waals surface area contributed by atoms with Crippen LogP contribution < -0.4 is 0 Å². The minimum atomic E-state index is -0.370. The van der Waals surface area contributed by atoms with Crippen molar-refractivity contribution in [1.82, 2.24) is 0 Å². The Hall–Kier alpha value is -1.81. The van der Waals surface area contributed by atoms with Gasteiger partial charge in [0, 0.05) is 11.0 Å². The van der Waals surface area contributed by atoms with E-state index >= 15 is 0 Å². The second-order valence-corrected chi connectivity index (χ2v) is 4.14. The van der Waals surface area contributed by atoms with Gasteiger partial charge in [0.05, 0.1) is 9.82 Å². The third kappa shape index (κ3) is 2.41. The lowest BCUT2D eigenvalue weighted by atomic mass is 10.3. The normalized spacial score (nSPS) is 10.0. The predicted molar refractivity (Wildman–Crippen MR) is 62.5 cm³/mol. The van der Waals surface area contributed by atoms with Crippen molar-refractivity contribution in [2.75, 3.05) is 0 Å². The van der Waals surface area contributed by atoms with Gasteiger partial charge in [-0.15, -0.1) is 0 Å². The zero-order chi connectivity index (χ0) is 11.4. The number of rotatable bonds is 3. The molecule has 0 saturated heterocycles. The Kier molecular flexibility index (Phi) is 3.22. The molecule has 4 heteroatoms. The number of para-hydroxylation sites is 1. The van der Waals surface area contributed by atoms with Crippen molar-refractivity contribution in [2.24, 2.45) is 0 Å². The first-order chi connectivity index (χ1) is 7.77. The quantitative estimate of drug-likeness (QED) is 0.598. The summed E-state index contributed by atoms with van der Waals surface area (Å²) in [5, 5.41) is 10.8. The van der Waals surface area contributed by atoms with E-state index in [1.807, 2.05) is 18.2 Å². The van der Waals surface area contributed by atoms with Crippen LogP contribution >= 0.6 is 11.8 Å². The van der Waals surface area contributed by atoms with Gasteiger partial charge in [0.15, 0.2) is 0 Å². The van der Waals surface area contributed by atoms with Crippen LogP contribution in [0.5, 0.6) is 0 Å². The van der Waals surface area contributed by atoms with Gasteiger partial charge in [0.25, 0.3) is 5.69 Å². The predicted octanol–water partition coefficient (Wildman–Crippen LogP) is 3.55. The molecular formula is C12H8NO2S. The fourth-order valence-corrected chi connectivity index (χ4v) is 2.16. The summed E-state index contributed by atoms with van der Waals surface area (Å²) in [6, 6.07) is 17.1. The molecule has 0 unspecified atom stereocenters. The van der Waals surface area contributed by atoms with Gasteiger partial charge in [-0.05, 0) is 18.2 Å². The molecule has 0 spiro atoms. The Morgan fingerprint density at radius 3 is 2.56 bits per heavy atom. The first-order valence-electron chi connectivity index (χ1n) is 4.65. The monoisotopic (exact) mass is 230 g/mol. The molecule has 0 aliphatic heterocycles. The Bertz CT molecular complexity index is 499. The lowest BCUT2D eigenvalue weighted by Gasteiger charge is -2.01. The molecule has 0 bridgehead atoms. The number of benzene rings is 2. The van der Waals surface area contributed by atoms with Crippen LogP contribution in [0.25, 0.3) is 0 Å². The van der Waals surface area contributed by atoms with Gasteiger partial charge >= 0.3 is 0 Å². The number of hydrogen-bond acceptors (Lipinski definition) is 3. The molecule has 0 saturated carbocycles. The number of nitrogens with zero attached hydrogens (tertiary/aromatic N) is 1. The van der Waals surface area contributed by atoms with Crippen LogP contribution in [-0.4, -0.2) is 4.92 Å². The molecular weight excluding hydrogens is 222 g/mol. The van der Waals surface area contributed by atoms with Crippen LogP contribution in [-0.2, 0) is 0 Å². The molecule has 16 heavy (non-hydrogen) atoms. The van der Waals surface area contributed by atoms with E-state index in [1.54, 1.807) is 24.3 Å². The van der Waals surface area contributed by atoms with E-state index in [0.717, 1.165) is 4.90 Å². The second kappa shape index (κ2) is 4.81. The molecule has 2 aromatic rings. The Labute approximate surface area is 97.3 Å². The van der Waals surface area contributed by atoms with Crippen molar-refractivity contribution in [1.29, 1.82) is 0 Å². The molecule has 1 radical (unpaired) electrons. The molecule has 3 nitrogen and oxygen atoms in total. The molecule has 0 fully saturated rings. The van der Waals surface area contributed by atoms with Gasteiger partial charge < -0.3 is 0 Å². The van der Waals surface area contributed by atoms with Gasteiger partial charge in [-0.2, -0.15) is 0 Å². The van der Waals surface area contributed by atoms with Gasteiger partial charge in [-0.3, -0.25) is 10.1 Å². The van der Waals surface area contributed by atoms with Crippen molar-refractivity contribution < 1.29 is 4.92 Å². The summed E-state index contributed by atoms with van der Waals surface area (Å²) in [5.41, 5.74) is 0.129. The fourth-order valence-electron chi connectivity index (χ4n) is 1.25. The van der Waals surface area contributed by atoms with Crippen LogP contribution in [0.15, 0.2) is 58.3 Å². The highest BCUT2D eigenvalue weighted by atomic mass is 32.2. The summed E-state index contributed by atoms with van der Waals surface area (Å²) >= 11 is 1.35. The zero-order valence-electron chi connectivity index (χ0n) is 8.29. The highest BCUT2D eigenvalue weighted by Crippen LogP contribution is 2.33. The Morgan fingerprint density at radius 1 is 1.12 bits per heavy atom. The molecule has 79 valence electrons. The standard InChI is InChI=1S/C12H8NO2S/c14-13(15)11-8-4-5-9-12(11)16-10-6-2-1-3-7-10/h1-6,8-9H. The summed E-state index contributed by atoms with van der Waals surface area (Å²) in [4.78, 5) is 11.9. The summed E-state index contributed by atoms with van der Waals surface area (Å²) in [5.74, 6) is 0. The minimum Gasteiger partial charge on any atom is -0.258 e. The zero-order valence-corrected chi connectivity index (χ0v) is 9.11. The highest BCUT2D eigenvalue weighted by Gasteiger charge is 2.12. The first kappa shape index (κ1) is 10.7. The van der Waals surface area contributed by atoms with E-state index in [9.17, 15) is 10.1 Å². The second-order valence-electron chi connectivity index (χ2n) is 3.05. The average molecular weight is 230 g/mol. The van der Waals surface area contributed by atoms with E-state index in [-0.39, 0.29) is 10.6 Å². The smallest absolute Gasteiger partial charge is 0.258 e. The van der Waals surface area contributed by atoms with E-state index in [2.05, 4.69) is 6.07 Å². The third-order valence-corrected chi connectivity index (χ3v) is 3.00. The number of nitro groups is 1. The first-order valence-corrected chi connectivity index (χ1v) is 5.47. The summed E-state index contributed by atoms with van der Waals surface area (Å²) in [6.45, 7) is 0. The molecule has 0 N–H and O–H groups in total. The Morgan fingerprint density at radius 2 is 1.88 bits per heavy atom. The molecule has 0 amide bonds. The highest BCUT2D eigenvalue weighted by molar-refractivity contribution is 7.99. The number of hydrogen-bond donors (Lipinski definition) is 0. The third-order valence-electron chi connectivity index (χ3n) is 1.96. The summed E-state index contributed by atoms with van der Waals surface area (Å²) in [6.07, 6.45) is 0. The molecule has 0 heterocycles. The van der Waals surface area contributed by atoms with Gasteiger partial charge in [-0.1, -0.05) is 42.1 Å². The molecule has 2 rings (SSSR count). The maximum absolute atomic E-state index is 10.8. The lowest BCUT2D eigenvalue weighted by Crippen LogP contribution is -1.89. The molecule has 0 atom stereocenters. The fraction of sp³-hybridized carbons (Fsp3) is 0. The van der Waals surface area contributed by atoms with Crippen molar-refractivity contribution >= 4 is 17.4 Å². The van der Waals surface area contributed by atoms with Crippen molar-refractivity contribution in [3.05, 3.63) is 64.7 Å². The van der Waals surface area contributed by atoms with E-state index < -0.39 is 0 Å². The molecule has 2 aromatic carbocycles. The SMILES string of the molecule is O=[N+]([O-])c1ccccc1Sc1[c]cccc1. The van der Waals surface area contributed by atoms with Crippen molar-refractivity contribution in [3.8, 4) is 0 Å². The van der Waals surface area contributed by atoms with Crippen LogP contribution in [0.3, 0.4) is 0 Å². The summed E-state index contributed by atoms with van der Waals surface area (Å²) in [7, 11) is 0. The van der Waals surface area contributed by atoms with Crippen LogP contribution in [0, 0.1) is 16.2 Å². The van der Waals surface area contributed by atoms with Crippen molar-refractivity contribution in [3.63, 3.8) is 0 Å². The topological polar surface area (TPSA) is 43.1 Å². The maximum atomic E-state index is 10.8. The average Bonchev–Trinajstić information content (AvgIpc) is 2.31. The van der Waals surface area contributed by atoms with Crippen molar-refractivity contribution in [2.45, 2.75) is 9.79 Å². The van der Waals surface area contributed by atoms with E-state index in [4.69, 9.17) is 0 Å². The van der Waals surface area contributed by atoms with Gasteiger partial charge in [0.2, 0.25) is 0 Å². The lowest BCUT2D eigenvalue weighted by molar-refractivity contribution is -0.387. The van der Waals surface area contributed by atoms with Gasteiger partial charge in [0.1, 0.15) is 0 Å². The summed E-state index contributed by atoms with van der Waals surface area (Å²) < 4.78 is 0.